The van der Waals surface area contributed by atoms with Gasteiger partial charge in [0.1, 0.15) is 12.4 Å². The normalized spacial score (nSPS) is 11.5. The maximum Gasteiger partial charge on any atom is 0.213 e. The number of rotatable bonds is 11. The molecule has 0 aliphatic rings. The third-order valence-corrected chi connectivity index (χ3v) is 4.14. The van der Waals surface area contributed by atoms with Gasteiger partial charge in [0.2, 0.25) is 5.88 Å². The highest BCUT2D eigenvalue weighted by molar-refractivity contribution is 5.79. The Morgan fingerprint density at radius 2 is 2.00 bits per heavy atom. The average Bonchev–Trinajstić information content (AvgIpc) is 3.13. The van der Waals surface area contributed by atoms with Crippen molar-refractivity contribution in [3.63, 3.8) is 0 Å². The van der Waals surface area contributed by atoms with Crippen LogP contribution in [0.15, 0.2) is 27.8 Å². The van der Waals surface area contributed by atoms with E-state index >= 15 is 0 Å². The van der Waals surface area contributed by atoms with E-state index in [4.69, 9.17) is 14.0 Å². The lowest BCUT2D eigenvalue weighted by molar-refractivity contribution is 0.143. The first-order chi connectivity index (χ1) is 13.7. The number of aryl methyl sites for hydroxylation is 2. The molecule has 0 aromatic carbocycles. The topological polar surface area (TPSA) is 93.8 Å². The van der Waals surface area contributed by atoms with Crippen molar-refractivity contribution in [3.05, 3.63) is 40.9 Å². The molecule has 0 radical (unpaired) electrons. The Bertz CT molecular complexity index is 706. The molecule has 0 unspecified atom stereocenters. The zero-order valence-corrected chi connectivity index (χ0v) is 17.2. The maximum atomic E-state index is 5.48. The third-order valence-electron chi connectivity index (χ3n) is 4.14. The van der Waals surface area contributed by atoms with Gasteiger partial charge in [-0.15, -0.1) is 0 Å². The van der Waals surface area contributed by atoms with Crippen molar-refractivity contribution in [1.29, 1.82) is 0 Å². The Balaban J connectivity index is 1.96. The molecule has 2 aromatic heterocycles. The van der Waals surface area contributed by atoms with Gasteiger partial charge in [-0.2, -0.15) is 0 Å². The molecule has 2 N–H and O–H groups in total. The SMILES string of the molecule is CCNC(=NCc1ccc(OCCOC)nc1)NCc1c(CC)noc1CC. The van der Waals surface area contributed by atoms with Crippen LogP contribution >= 0.6 is 0 Å². The molecule has 0 amide bonds. The summed E-state index contributed by atoms with van der Waals surface area (Å²) < 4.78 is 15.9. The van der Waals surface area contributed by atoms with E-state index in [1.165, 1.54) is 0 Å². The van der Waals surface area contributed by atoms with Crippen molar-refractivity contribution >= 4 is 5.96 Å². The molecule has 154 valence electrons. The highest BCUT2D eigenvalue weighted by atomic mass is 16.5. The van der Waals surface area contributed by atoms with E-state index in [9.17, 15) is 0 Å². The van der Waals surface area contributed by atoms with E-state index in [2.05, 4.69) is 39.6 Å². The van der Waals surface area contributed by atoms with Gasteiger partial charge in [0.15, 0.2) is 5.96 Å². The van der Waals surface area contributed by atoms with E-state index in [1.54, 1.807) is 13.3 Å². The number of ether oxygens (including phenoxy) is 2. The molecule has 2 heterocycles. The summed E-state index contributed by atoms with van der Waals surface area (Å²) >= 11 is 0. The minimum absolute atomic E-state index is 0.484. The van der Waals surface area contributed by atoms with Crippen molar-refractivity contribution in [1.82, 2.24) is 20.8 Å². The average molecular weight is 390 g/mol. The number of pyridine rings is 1. The smallest absolute Gasteiger partial charge is 0.213 e. The Hall–Kier alpha value is -2.61. The Morgan fingerprint density at radius 3 is 2.64 bits per heavy atom. The summed E-state index contributed by atoms with van der Waals surface area (Å²) in [6, 6.07) is 3.81. The van der Waals surface area contributed by atoms with E-state index in [1.807, 2.05) is 19.1 Å². The quantitative estimate of drug-likeness (QED) is 0.346. The van der Waals surface area contributed by atoms with Gasteiger partial charge < -0.3 is 24.6 Å². The molecule has 28 heavy (non-hydrogen) atoms. The van der Waals surface area contributed by atoms with Crippen LogP contribution in [-0.4, -0.2) is 43.0 Å². The summed E-state index contributed by atoms with van der Waals surface area (Å²) in [5.74, 6) is 2.25. The summed E-state index contributed by atoms with van der Waals surface area (Å²) in [6.07, 6.45) is 3.44. The Labute approximate surface area is 166 Å². The largest absolute Gasteiger partial charge is 0.475 e. The molecule has 0 spiro atoms. The summed E-state index contributed by atoms with van der Waals surface area (Å²) in [4.78, 5) is 8.94. The lowest BCUT2D eigenvalue weighted by Gasteiger charge is -2.12. The standard InChI is InChI=1S/C20H31N5O3/c1-5-17-16(18(6-2)28-25-17)14-24-20(21-7-3)23-13-15-8-9-19(22-12-15)27-11-10-26-4/h8-9,12H,5-7,10-11,13-14H2,1-4H3,(H2,21,23,24). The number of hydrogen-bond acceptors (Lipinski definition) is 6. The number of aliphatic imine (C=N–C) groups is 1. The predicted octanol–water partition coefficient (Wildman–Crippen LogP) is 2.47. The van der Waals surface area contributed by atoms with E-state index < -0.39 is 0 Å². The first-order valence-electron chi connectivity index (χ1n) is 9.76. The highest BCUT2D eigenvalue weighted by Crippen LogP contribution is 2.15. The second kappa shape index (κ2) is 12.0. The first kappa shape index (κ1) is 21.7. The predicted molar refractivity (Wildman–Crippen MR) is 109 cm³/mol. The van der Waals surface area contributed by atoms with Crippen LogP contribution in [0.3, 0.4) is 0 Å². The molecule has 2 rings (SSSR count). The maximum absolute atomic E-state index is 5.48. The van der Waals surface area contributed by atoms with Crippen molar-refractivity contribution < 1.29 is 14.0 Å². The van der Waals surface area contributed by atoms with Crippen molar-refractivity contribution in [3.8, 4) is 5.88 Å². The van der Waals surface area contributed by atoms with Crippen LogP contribution in [0.25, 0.3) is 0 Å². The molecule has 0 atom stereocenters. The van der Waals surface area contributed by atoms with Crippen LogP contribution in [0.5, 0.6) is 5.88 Å². The molecule has 0 aliphatic carbocycles. The molecule has 0 aliphatic heterocycles. The van der Waals surface area contributed by atoms with Crippen LogP contribution in [0.4, 0.5) is 0 Å². The van der Waals surface area contributed by atoms with Crippen LogP contribution in [0, 0.1) is 0 Å². The second-order valence-electron chi connectivity index (χ2n) is 6.13. The Morgan fingerprint density at radius 1 is 1.14 bits per heavy atom. The van der Waals surface area contributed by atoms with Crippen LogP contribution < -0.4 is 15.4 Å². The van der Waals surface area contributed by atoms with Crippen LogP contribution in [0.1, 0.15) is 43.4 Å². The number of methoxy groups -OCH3 is 1. The number of nitrogens with zero attached hydrogens (tertiary/aromatic N) is 3. The fourth-order valence-corrected chi connectivity index (χ4v) is 2.64. The second-order valence-corrected chi connectivity index (χ2v) is 6.13. The lowest BCUT2D eigenvalue weighted by Crippen LogP contribution is -2.37. The minimum atomic E-state index is 0.484. The van der Waals surface area contributed by atoms with Crippen LogP contribution in [0.2, 0.25) is 0 Å². The van der Waals surface area contributed by atoms with Crippen molar-refractivity contribution in [2.45, 2.75) is 46.7 Å². The lowest BCUT2D eigenvalue weighted by atomic mass is 10.1. The fraction of sp³-hybridized carbons (Fsp3) is 0.550. The fourth-order valence-electron chi connectivity index (χ4n) is 2.64. The molecule has 8 nitrogen and oxygen atoms in total. The monoisotopic (exact) mass is 389 g/mol. The number of guanidine groups is 1. The summed E-state index contributed by atoms with van der Waals surface area (Å²) in [5.41, 5.74) is 3.12. The van der Waals surface area contributed by atoms with E-state index in [-0.39, 0.29) is 0 Å². The molecular weight excluding hydrogens is 358 g/mol. The zero-order chi connectivity index (χ0) is 20.2. The molecular formula is C20H31N5O3. The van der Waals surface area contributed by atoms with Gasteiger partial charge in [-0.3, -0.25) is 0 Å². The summed E-state index contributed by atoms with van der Waals surface area (Å²) in [6.45, 7) is 9.14. The van der Waals surface area contributed by atoms with E-state index in [0.717, 1.165) is 47.9 Å². The van der Waals surface area contributed by atoms with Gasteiger partial charge in [0, 0.05) is 44.4 Å². The highest BCUT2D eigenvalue weighted by Gasteiger charge is 2.13. The van der Waals surface area contributed by atoms with Gasteiger partial charge >= 0.3 is 0 Å². The Kier molecular flexibility index (Phi) is 9.27. The molecule has 8 heteroatoms. The molecule has 0 bridgehead atoms. The molecule has 0 fully saturated rings. The zero-order valence-electron chi connectivity index (χ0n) is 17.2. The molecule has 2 aromatic rings. The van der Waals surface area contributed by atoms with Gasteiger partial charge in [-0.25, -0.2) is 9.98 Å². The third kappa shape index (κ3) is 6.53. The first-order valence-corrected chi connectivity index (χ1v) is 9.76. The van der Waals surface area contributed by atoms with Gasteiger partial charge in [-0.05, 0) is 18.9 Å². The molecule has 0 saturated heterocycles. The minimum Gasteiger partial charge on any atom is -0.475 e. The summed E-state index contributed by atoms with van der Waals surface area (Å²) in [5, 5.41) is 10.8. The van der Waals surface area contributed by atoms with Crippen molar-refractivity contribution in [2.75, 3.05) is 26.9 Å². The molecule has 0 saturated carbocycles. The van der Waals surface area contributed by atoms with Gasteiger partial charge in [0.05, 0.1) is 18.8 Å². The number of aromatic nitrogens is 2. The van der Waals surface area contributed by atoms with Gasteiger partial charge in [0.25, 0.3) is 0 Å². The van der Waals surface area contributed by atoms with Gasteiger partial charge in [-0.1, -0.05) is 25.1 Å². The van der Waals surface area contributed by atoms with E-state index in [0.29, 0.717) is 32.2 Å². The van der Waals surface area contributed by atoms with Crippen molar-refractivity contribution in [2.24, 2.45) is 4.99 Å². The summed E-state index contributed by atoms with van der Waals surface area (Å²) in [7, 11) is 1.64. The number of nitrogens with one attached hydrogen (secondary N) is 2. The number of hydrogen-bond donors (Lipinski definition) is 2. The van der Waals surface area contributed by atoms with Crippen LogP contribution in [-0.2, 0) is 30.7 Å².